The lowest BCUT2D eigenvalue weighted by Gasteiger charge is -2.55. The highest BCUT2D eigenvalue weighted by Crippen LogP contribution is 2.37. The van der Waals surface area contributed by atoms with Crippen LogP contribution in [0.2, 0.25) is 0 Å². The molecule has 1 aromatic heterocycles. The van der Waals surface area contributed by atoms with Crippen LogP contribution in [0.1, 0.15) is 5.56 Å². The summed E-state index contributed by atoms with van der Waals surface area (Å²) < 4.78 is 13.2. The van der Waals surface area contributed by atoms with Gasteiger partial charge in [-0.25, -0.2) is 0 Å². The molecule has 2 aliphatic rings. The summed E-state index contributed by atoms with van der Waals surface area (Å²) in [5, 5.41) is 1.36. The smallest absolute Gasteiger partial charge is 0.120 e. The number of methoxy groups -OCH3 is 1. The van der Waals surface area contributed by atoms with Crippen LogP contribution in [-0.2, 0) is 17.7 Å². The highest BCUT2D eigenvalue weighted by Gasteiger charge is 2.48. The molecule has 0 saturated carbocycles. The van der Waals surface area contributed by atoms with Gasteiger partial charge in [0.25, 0.3) is 0 Å². The van der Waals surface area contributed by atoms with Crippen molar-refractivity contribution >= 4 is 10.9 Å². The van der Waals surface area contributed by atoms with Crippen LogP contribution in [-0.4, -0.2) is 75.0 Å². The van der Waals surface area contributed by atoms with Crippen molar-refractivity contribution in [3.8, 4) is 5.75 Å². The van der Waals surface area contributed by atoms with Gasteiger partial charge in [0.05, 0.1) is 25.8 Å². The molecule has 0 atom stereocenters. The Morgan fingerprint density at radius 1 is 1.20 bits per heavy atom. The molecule has 0 radical (unpaired) electrons. The molecule has 5 heteroatoms. The highest BCUT2D eigenvalue weighted by atomic mass is 16.5. The Morgan fingerprint density at radius 3 is 2.64 bits per heavy atom. The molecular weight excluding hydrogens is 314 g/mol. The summed E-state index contributed by atoms with van der Waals surface area (Å²) in [6, 6.07) is 6.45. The van der Waals surface area contributed by atoms with Crippen LogP contribution >= 0.6 is 0 Å². The number of nitrogens with zero attached hydrogens (tertiary/aromatic N) is 3. The molecule has 2 aliphatic heterocycles. The number of aromatic nitrogens is 1. The van der Waals surface area contributed by atoms with Gasteiger partial charge in [0.15, 0.2) is 0 Å². The van der Waals surface area contributed by atoms with Crippen LogP contribution in [0.4, 0.5) is 0 Å². The predicted molar refractivity (Wildman–Crippen MR) is 100 cm³/mol. The van der Waals surface area contributed by atoms with E-state index in [4.69, 9.17) is 9.47 Å². The molecule has 25 heavy (non-hydrogen) atoms. The third kappa shape index (κ3) is 3.28. The molecule has 3 heterocycles. The SMILES string of the molecule is COc1ccc2c(CCN(C)C)cn(CCN3CC4(COC4)C3)c2c1. The van der Waals surface area contributed by atoms with E-state index in [1.165, 1.54) is 29.6 Å². The van der Waals surface area contributed by atoms with Crippen LogP contribution in [0.15, 0.2) is 24.4 Å². The summed E-state index contributed by atoms with van der Waals surface area (Å²) in [6.45, 7) is 7.52. The molecule has 1 aromatic carbocycles. The number of hydrogen-bond donors (Lipinski definition) is 0. The van der Waals surface area contributed by atoms with E-state index in [0.29, 0.717) is 5.41 Å². The van der Waals surface area contributed by atoms with Gasteiger partial charge in [0.2, 0.25) is 0 Å². The van der Waals surface area contributed by atoms with E-state index in [1.54, 1.807) is 7.11 Å². The Hall–Kier alpha value is -1.56. The molecule has 0 bridgehead atoms. The van der Waals surface area contributed by atoms with Crippen molar-refractivity contribution in [2.75, 3.05) is 60.6 Å². The van der Waals surface area contributed by atoms with Gasteiger partial charge in [-0.05, 0) is 38.2 Å². The third-order valence-electron chi connectivity index (χ3n) is 5.59. The van der Waals surface area contributed by atoms with Crippen molar-refractivity contribution in [2.45, 2.75) is 13.0 Å². The molecular formula is C20H29N3O2. The largest absolute Gasteiger partial charge is 0.497 e. The lowest BCUT2D eigenvalue weighted by molar-refractivity contribution is -0.189. The maximum absolute atomic E-state index is 5.45. The van der Waals surface area contributed by atoms with Gasteiger partial charge in [-0.3, -0.25) is 0 Å². The summed E-state index contributed by atoms with van der Waals surface area (Å²) in [7, 11) is 6.00. The fourth-order valence-electron chi connectivity index (χ4n) is 4.09. The first-order valence-corrected chi connectivity index (χ1v) is 9.19. The fourth-order valence-corrected chi connectivity index (χ4v) is 4.09. The van der Waals surface area contributed by atoms with Crippen molar-refractivity contribution in [2.24, 2.45) is 5.41 Å². The molecule has 0 unspecified atom stereocenters. The summed E-state index contributed by atoms with van der Waals surface area (Å²) >= 11 is 0. The lowest BCUT2D eigenvalue weighted by atomic mass is 9.78. The summed E-state index contributed by atoms with van der Waals surface area (Å²) in [5.74, 6) is 0.931. The number of likely N-dealkylation sites (N-methyl/N-ethyl adjacent to an activating group) is 1. The highest BCUT2D eigenvalue weighted by molar-refractivity contribution is 5.85. The summed E-state index contributed by atoms with van der Waals surface area (Å²) in [5.41, 5.74) is 3.22. The van der Waals surface area contributed by atoms with E-state index in [-0.39, 0.29) is 0 Å². The first-order valence-electron chi connectivity index (χ1n) is 9.19. The second-order valence-electron chi connectivity index (χ2n) is 7.99. The van der Waals surface area contributed by atoms with E-state index < -0.39 is 0 Å². The Labute approximate surface area is 150 Å². The van der Waals surface area contributed by atoms with Crippen LogP contribution in [0.25, 0.3) is 10.9 Å². The second-order valence-corrected chi connectivity index (χ2v) is 7.99. The Kier molecular flexibility index (Phi) is 4.48. The number of hydrogen-bond acceptors (Lipinski definition) is 4. The van der Waals surface area contributed by atoms with E-state index in [9.17, 15) is 0 Å². The zero-order chi connectivity index (χ0) is 17.4. The average molecular weight is 343 g/mol. The molecule has 2 saturated heterocycles. The molecule has 0 amide bonds. The Balaban J connectivity index is 1.49. The minimum Gasteiger partial charge on any atom is -0.497 e. The Morgan fingerprint density at radius 2 is 2.00 bits per heavy atom. The van der Waals surface area contributed by atoms with E-state index in [1.807, 2.05) is 0 Å². The topological polar surface area (TPSA) is 29.9 Å². The number of rotatable bonds is 7. The van der Waals surface area contributed by atoms with Crippen molar-refractivity contribution < 1.29 is 9.47 Å². The van der Waals surface area contributed by atoms with Crippen molar-refractivity contribution in [1.82, 2.24) is 14.4 Å². The van der Waals surface area contributed by atoms with Crippen molar-refractivity contribution in [3.05, 3.63) is 30.0 Å². The number of likely N-dealkylation sites (tertiary alicyclic amines) is 1. The lowest BCUT2D eigenvalue weighted by Crippen LogP contribution is -2.66. The van der Waals surface area contributed by atoms with Gasteiger partial charge < -0.3 is 23.8 Å². The maximum Gasteiger partial charge on any atom is 0.120 e. The van der Waals surface area contributed by atoms with Crippen LogP contribution < -0.4 is 4.74 Å². The van der Waals surface area contributed by atoms with E-state index >= 15 is 0 Å². The number of ether oxygens (including phenoxy) is 2. The molecule has 4 rings (SSSR count). The van der Waals surface area contributed by atoms with Crippen LogP contribution in [0.3, 0.4) is 0 Å². The molecule has 2 fully saturated rings. The molecule has 0 aliphatic carbocycles. The average Bonchev–Trinajstić information content (AvgIpc) is 2.87. The summed E-state index contributed by atoms with van der Waals surface area (Å²) in [6.07, 6.45) is 3.42. The second kappa shape index (κ2) is 6.63. The number of fused-ring (bicyclic) bond motifs is 1. The predicted octanol–water partition coefficient (Wildman–Crippen LogP) is 2.09. The number of benzene rings is 1. The van der Waals surface area contributed by atoms with E-state index in [2.05, 4.69) is 52.9 Å². The van der Waals surface area contributed by atoms with Crippen LogP contribution in [0, 0.1) is 5.41 Å². The Bertz CT molecular complexity index is 741. The van der Waals surface area contributed by atoms with Crippen molar-refractivity contribution in [1.29, 1.82) is 0 Å². The van der Waals surface area contributed by atoms with Crippen molar-refractivity contribution in [3.63, 3.8) is 0 Å². The molecule has 5 nitrogen and oxygen atoms in total. The van der Waals surface area contributed by atoms with Gasteiger partial charge in [-0.15, -0.1) is 0 Å². The van der Waals surface area contributed by atoms with Gasteiger partial charge in [-0.2, -0.15) is 0 Å². The first kappa shape index (κ1) is 16.9. The quantitative estimate of drug-likeness (QED) is 0.770. The third-order valence-corrected chi connectivity index (χ3v) is 5.59. The zero-order valence-corrected chi connectivity index (χ0v) is 15.6. The standard InChI is InChI=1S/C20H29N3O2/c1-21(2)7-6-16-11-23(19-10-17(24-3)4-5-18(16)19)9-8-22-12-20(13-22)14-25-15-20/h4-5,10-11H,6-9,12-15H2,1-3H3. The molecule has 1 spiro atoms. The minimum atomic E-state index is 0.499. The van der Waals surface area contributed by atoms with Crippen LogP contribution in [0.5, 0.6) is 5.75 Å². The maximum atomic E-state index is 5.45. The molecule has 2 aromatic rings. The van der Waals surface area contributed by atoms with Gasteiger partial charge in [0, 0.05) is 55.8 Å². The van der Waals surface area contributed by atoms with Gasteiger partial charge in [-0.1, -0.05) is 0 Å². The summed E-state index contributed by atoms with van der Waals surface area (Å²) in [4.78, 5) is 4.79. The molecule has 0 N–H and O–H groups in total. The zero-order valence-electron chi connectivity index (χ0n) is 15.6. The normalized spacial score (nSPS) is 19.4. The molecule has 136 valence electrons. The van der Waals surface area contributed by atoms with Gasteiger partial charge in [0.1, 0.15) is 5.75 Å². The van der Waals surface area contributed by atoms with Gasteiger partial charge >= 0.3 is 0 Å². The minimum absolute atomic E-state index is 0.499. The first-order chi connectivity index (χ1) is 12.1. The fraction of sp³-hybridized carbons (Fsp3) is 0.600. The van der Waals surface area contributed by atoms with E-state index in [0.717, 1.165) is 45.0 Å². The monoisotopic (exact) mass is 343 g/mol.